The van der Waals surface area contributed by atoms with Gasteiger partial charge in [0, 0.05) is 12.1 Å². The number of benzene rings is 1. The van der Waals surface area contributed by atoms with E-state index in [4.69, 9.17) is 16.3 Å². The average molecular weight is 304 g/mol. The van der Waals surface area contributed by atoms with Crippen molar-refractivity contribution in [3.8, 4) is 5.75 Å². The van der Waals surface area contributed by atoms with Gasteiger partial charge in [0.05, 0.1) is 5.02 Å². The maximum Gasteiger partial charge on any atom is 0.151 e. The number of ether oxygens (including phenoxy) is 1. The molecule has 1 fully saturated rings. The average Bonchev–Trinajstić information content (AvgIpc) is 2.42. The Bertz CT molecular complexity index is 406. The maximum absolute atomic E-state index is 10.8. The Balaban J connectivity index is 0.00000180. The molecule has 0 unspecified atom stereocenters. The fourth-order valence-corrected chi connectivity index (χ4v) is 2.42. The number of halogens is 2. The number of hydrogen-bond acceptors (Lipinski definition) is 3. The lowest BCUT2D eigenvalue weighted by Crippen LogP contribution is -2.33. The van der Waals surface area contributed by atoms with Crippen molar-refractivity contribution in [3.63, 3.8) is 0 Å². The molecule has 106 valence electrons. The molecule has 3 nitrogen and oxygen atoms in total. The molecule has 1 aliphatic rings. The molecule has 5 heteroatoms. The number of hydrogen-bond donors (Lipinski definition) is 0. The minimum atomic E-state index is 0. The van der Waals surface area contributed by atoms with Crippen LogP contribution in [0.2, 0.25) is 5.02 Å². The minimum absolute atomic E-state index is 0. The molecule has 1 saturated heterocycles. The van der Waals surface area contributed by atoms with Crippen molar-refractivity contribution >= 4 is 30.3 Å². The van der Waals surface area contributed by atoms with Crippen LogP contribution >= 0.6 is 24.0 Å². The maximum atomic E-state index is 10.8. The molecule has 0 saturated carbocycles. The summed E-state index contributed by atoms with van der Waals surface area (Å²) in [7, 11) is 0. The number of rotatable bonds is 5. The second-order valence-corrected chi connectivity index (χ2v) is 4.91. The van der Waals surface area contributed by atoms with Gasteiger partial charge in [-0.05, 0) is 38.1 Å². The fraction of sp³-hybridized carbons (Fsp3) is 0.500. The first kappa shape index (κ1) is 16.3. The lowest BCUT2D eigenvalue weighted by Gasteiger charge is -2.26. The molecule has 0 spiro atoms. The monoisotopic (exact) mass is 303 g/mol. The van der Waals surface area contributed by atoms with Crippen LogP contribution in [-0.2, 0) is 0 Å². The Kier molecular flexibility index (Phi) is 7.21. The molecule has 2 rings (SSSR count). The highest BCUT2D eigenvalue weighted by Gasteiger charge is 2.11. The molecule has 0 amide bonds. The molecule has 0 radical (unpaired) electrons. The van der Waals surface area contributed by atoms with Crippen LogP contribution < -0.4 is 4.74 Å². The van der Waals surface area contributed by atoms with E-state index in [1.54, 1.807) is 18.2 Å². The molecule has 19 heavy (non-hydrogen) atoms. The molecule has 1 aliphatic heterocycles. The van der Waals surface area contributed by atoms with E-state index < -0.39 is 0 Å². The molecule has 0 atom stereocenters. The topological polar surface area (TPSA) is 29.5 Å². The van der Waals surface area contributed by atoms with Crippen LogP contribution in [0.5, 0.6) is 5.75 Å². The molecular formula is C14H19Cl2NO2. The summed E-state index contributed by atoms with van der Waals surface area (Å²) in [5.41, 5.74) is 0.479. The van der Waals surface area contributed by atoms with Gasteiger partial charge in [-0.2, -0.15) is 0 Å². The molecule has 1 aromatic carbocycles. The van der Waals surface area contributed by atoms with Gasteiger partial charge in [0.1, 0.15) is 12.4 Å². The van der Waals surface area contributed by atoms with E-state index in [2.05, 4.69) is 4.90 Å². The van der Waals surface area contributed by atoms with E-state index in [9.17, 15) is 4.79 Å². The Hall–Kier alpha value is -0.770. The summed E-state index contributed by atoms with van der Waals surface area (Å²) in [5, 5.41) is 0.408. The normalized spacial score (nSPS) is 15.6. The largest absolute Gasteiger partial charge is 0.491 e. The molecular weight excluding hydrogens is 285 g/mol. The highest BCUT2D eigenvalue weighted by atomic mass is 35.5. The van der Waals surface area contributed by atoms with Crippen molar-refractivity contribution in [3.05, 3.63) is 28.8 Å². The van der Waals surface area contributed by atoms with Crippen LogP contribution in [0, 0.1) is 0 Å². The van der Waals surface area contributed by atoms with Gasteiger partial charge in [0.25, 0.3) is 0 Å². The van der Waals surface area contributed by atoms with Gasteiger partial charge in [-0.25, -0.2) is 0 Å². The first-order chi connectivity index (χ1) is 8.81. The van der Waals surface area contributed by atoms with Crippen LogP contribution in [0.3, 0.4) is 0 Å². The van der Waals surface area contributed by atoms with Crippen molar-refractivity contribution in [1.82, 2.24) is 4.90 Å². The van der Waals surface area contributed by atoms with Gasteiger partial charge in [0.15, 0.2) is 6.29 Å². The van der Waals surface area contributed by atoms with Crippen LogP contribution in [0.1, 0.15) is 29.6 Å². The first-order valence-electron chi connectivity index (χ1n) is 6.40. The Morgan fingerprint density at radius 2 is 2.00 bits per heavy atom. The summed E-state index contributed by atoms with van der Waals surface area (Å²) in [6.45, 7) is 3.85. The third kappa shape index (κ3) is 4.68. The van der Waals surface area contributed by atoms with Crippen LogP contribution in [0.25, 0.3) is 0 Å². The Morgan fingerprint density at radius 3 is 2.68 bits per heavy atom. The lowest BCUT2D eigenvalue weighted by atomic mass is 10.1. The van der Waals surface area contributed by atoms with E-state index in [1.165, 1.54) is 19.3 Å². The molecule has 1 heterocycles. The summed E-state index contributed by atoms with van der Waals surface area (Å²) >= 11 is 6.06. The summed E-state index contributed by atoms with van der Waals surface area (Å²) in [5.74, 6) is 0.596. The smallest absolute Gasteiger partial charge is 0.151 e. The summed E-state index contributed by atoms with van der Waals surface area (Å²) in [4.78, 5) is 13.2. The van der Waals surface area contributed by atoms with Crippen LogP contribution in [0.4, 0.5) is 0 Å². The summed E-state index contributed by atoms with van der Waals surface area (Å²) in [6.07, 6.45) is 4.65. The fourth-order valence-electron chi connectivity index (χ4n) is 2.20. The molecule has 1 aromatic rings. The highest BCUT2D eigenvalue weighted by molar-refractivity contribution is 6.34. The third-order valence-corrected chi connectivity index (χ3v) is 3.64. The van der Waals surface area contributed by atoms with Crippen molar-refractivity contribution in [2.75, 3.05) is 26.2 Å². The first-order valence-corrected chi connectivity index (χ1v) is 6.78. The summed E-state index contributed by atoms with van der Waals surface area (Å²) in [6, 6.07) is 5.27. The zero-order chi connectivity index (χ0) is 12.8. The number of carbonyl (C=O) groups is 1. The van der Waals surface area contributed by atoms with Crippen molar-refractivity contribution < 1.29 is 9.53 Å². The van der Waals surface area contributed by atoms with Gasteiger partial charge < -0.3 is 4.74 Å². The van der Waals surface area contributed by atoms with E-state index in [1.807, 2.05) is 0 Å². The standard InChI is InChI=1S/C14H18ClNO2.ClH/c15-14-12(11-17)5-4-6-13(14)18-10-9-16-7-2-1-3-8-16;/h4-6,11H,1-3,7-10H2;1H. The Morgan fingerprint density at radius 1 is 1.26 bits per heavy atom. The second kappa shape index (κ2) is 8.41. The molecule has 0 bridgehead atoms. The number of piperidine rings is 1. The molecule has 0 N–H and O–H groups in total. The third-order valence-electron chi connectivity index (χ3n) is 3.23. The minimum Gasteiger partial charge on any atom is -0.491 e. The van der Waals surface area contributed by atoms with E-state index in [-0.39, 0.29) is 12.4 Å². The zero-order valence-corrected chi connectivity index (χ0v) is 12.4. The number of likely N-dealkylation sites (tertiary alicyclic amines) is 1. The van der Waals surface area contributed by atoms with Crippen LogP contribution in [-0.4, -0.2) is 37.4 Å². The van der Waals surface area contributed by atoms with Gasteiger partial charge >= 0.3 is 0 Å². The summed E-state index contributed by atoms with van der Waals surface area (Å²) < 4.78 is 5.65. The highest BCUT2D eigenvalue weighted by Crippen LogP contribution is 2.26. The van der Waals surface area contributed by atoms with E-state index >= 15 is 0 Å². The SMILES string of the molecule is Cl.O=Cc1cccc(OCCN2CCCCC2)c1Cl. The molecule has 0 aliphatic carbocycles. The number of nitrogens with zero attached hydrogens (tertiary/aromatic N) is 1. The number of aldehydes is 1. The van der Waals surface area contributed by atoms with E-state index in [0.29, 0.717) is 22.9 Å². The van der Waals surface area contributed by atoms with Crippen LogP contribution in [0.15, 0.2) is 18.2 Å². The second-order valence-electron chi connectivity index (χ2n) is 4.53. The van der Waals surface area contributed by atoms with Crippen molar-refractivity contribution in [2.24, 2.45) is 0 Å². The Labute approximate surface area is 125 Å². The van der Waals surface area contributed by atoms with Crippen molar-refractivity contribution in [2.45, 2.75) is 19.3 Å². The molecule has 0 aromatic heterocycles. The predicted octanol–water partition coefficient (Wildman–Crippen LogP) is 3.44. The lowest BCUT2D eigenvalue weighted by molar-refractivity contribution is 0.112. The van der Waals surface area contributed by atoms with Gasteiger partial charge in [0.2, 0.25) is 0 Å². The zero-order valence-electron chi connectivity index (χ0n) is 10.8. The number of carbonyl (C=O) groups excluding carboxylic acids is 1. The van der Waals surface area contributed by atoms with Crippen molar-refractivity contribution in [1.29, 1.82) is 0 Å². The quantitative estimate of drug-likeness (QED) is 0.781. The van der Waals surface area contributed by atoms with Gasteiger partial charge in [-0.3, -0.25) is 9.69 Å². The van der Waals surface area contributed by atoms with Gasteiger partial charge in [-0.15, -0.1) is 12.4 Å². The predicted molar refractivity (Wildman–Crippen MR) is 79.9 cm³/mol. The van der Waals surface area contributed by atoms with Gasteiger partial charge in [-0.1, -0.05) is 24.1 Å². The van der Waals surface area contributed by atoms with E-state index in [0.717, 1.165) is 25.9 Å².